The third kappa shape index (κ3) is 6.86. The number of pyridine rings is 2. The Bertz CT molecular complexity index is 1660. The number of ether oxygens (including phenoxy) is 1. The minimum Gasteiger partial charge on any atom is -0.469 e. The Morgan fingerprint density at radius 1 is 1.16 bits per heavy atom. The Labute approximate surface area is 265 Å². The number of fused-ring (bicyclic) bond motifs is 2. The van der Waals surface area contributed by atoms with E-state index in [0.717, 1.165) is 60.6 Å². The minimum atomic E-state index is -1.25. The van der Waals surface area contributed by atoms with Gasteiger partial charge in [0.1, 0.15) is 16.0 Å². The standard InChI is InChI=1S/C33H38FN7O3S/c1-20(2)33(34)11-6-26-24(17-33)16-28-30(39-26)45-31(40-28)29(42)38-27(10-15-41-13-8-21(9-14-41)32(43)44-3)22-4-5-25(35-18-22)23-7-12-36-37-19-23/h4-5,7,12,16,18-21,27H,6,8-11,13-15,17H2,1-3H3,(H,38,42). The number of esters is 1. The molecule has 45 heavy (non-hydrogen) atoms. The number of hydrogen-bond donors (Lipinski definition) is 1. The molecule has 6 rings (SSSR count). The summed E-state index contributed by atoms with van der Waals surface area (Å²) >= 11 is 1.26. The van der Waals surface area contributed by atoms with Crippen LogP contribution in [-0.4, -0.2) is 74.3 Å². The van der Waals surface area contributed by atoms with E-state index in [2.05, 4.69) is 30.4 Å². The third-order valence-corrected chi connectivity index (χ3v) is 10.2. The summed E-state index contributed by atoms with van der Waals surface area (Å²) in [5.41, 5.74) is 3.65. The maximum absolute atomic E-state index is 15.5. The summed E-state index contributed by atoms with van der Waals surface area (Å²) in [6.07, 6.45) is 8.58. The van der Waals surface area contributed by atoms with Crippen molar-refractivity contribution in [3.63, 3.8) is 0 Å². The number of nitrogens with one attached hydrogen (secondary N) is 1. The highest BCUT2D eigenvalue weighted by molar-refractivity contribution is 7.19. The van der Waals surface area contributed by atoms with Crippen molar-refractivity contribution in [1.29, 1.82) is 0 Å². The topological polar surface area (TPSA) is 123 Å². The van der Waals surface area contributed by atoms with Gasteiger partial charge in [-0.05, 0) is 80.4 Å². The molecule has 4 aromatic heterocycles. The van der Waals surface area contributed by atoms with Crippen LogP contribution < -0.4 is 5.32 Å². The number of rotatable bonds is 9. The summed E-state index contributed by atoms with van der Waals surface area (Å²) in [6.45, 7) is 6.16. The Kier molecular flexibility index (Phi) is 9.14. The van der Waals surface area contributed by atoms with Gasteiger partial charge < -0.3 is 15.0 Å². The van der Waals surface area contributed by atoms with Crippen LogP contribution in [0.4, 0.5) is 4.39 Å². The van der Waals surface area contributed by atoms with Crippen molar-refractivity contribution in [3.8, 4) is 11.3 Å². The van der Waals surface area contributed by atoms with Gasteiger partial charge in [-0.25, -0.2) is 14.4 Å². The van der Waals surface area contributed by atoms with Gasteiger partial charge in [-0.3, -0.25) is 14.6 Å². The quantitative estimate of drug-likeness (QED) is 0.250. The van der Waals surface area contributed by atoms with Crippen LogP contribution in [0.2, 0.25) is 0 Å². The van der Waals surface area contributed by atoms with Crippen LogP contribution in [0, 0.1) is 11.8 Å². The molecule has 2 atom stereocenters. The molecule has 0 spiro atoms. The molecule has 1 saturated heterocycles. The second kappa shape index (κ2) is 13.2. The fourth-order valence-corrected chi connectivity index (χ4v) is 7.11. The third-order valence-electron chi connectivity index (χ3n) is 9.27. The summed E-state index contributed by atoms with van der Waals surface area (Å²) in [6, 6.07) is 7.33. The predicted molar refractivity (Wildman–Crippen MR) is 169 cm³/mol. The molecule has 12 heteroatoms. The van der Waals surface area contributed by atoms with E-state index in [1.807, 2.05) is 38.1 Å². The molecule has 1 N–H and O–H groups in total. The Balaban J connectivity index is 1.20. The van der Waals surface area contributed by atoms with Crippen molar-refractivity contribution in [3.05, 3.63) is 64.7 Å². The Morgan fingerprint density at radius 2 is 1.98 bits per heavy atom. The molecular formula is C33H38FN7O3S. The van der Waals surface area contributed by atoms with Gasteiger partial charge in [0.05, 0.1) is 37.2 Å². The number of aryl methyl sites for hydroxylation is 1. The van der Waals surface area contributed by atoms with E-state index < -0.39 is 5.67 Å². The van der Waals surface area contributed by atoms with Crippen molar-refractivity contribution in [2.75, 3.05) is 26.7 Å². The first-order chi connectivity index (χ1) is 21.7. The van der Waals surface area contributed by atoms with E-state index >= 15 is 4.39 Å². The summed E-state index contributed by atoms with van der Waals surface area (Å²) < 4.78 is 20.4. The highest BCUT2D eigenvalue weighted by Gasteiger charge is 2.38. The minimum absolute atomic E-state index is 0.0637. The van der Waals surface area contributed by atoms with Crippen LogP contribution >= 0.6 is 11.3 Å². The van der Waals surface area contributed by atoms with Crippen LogP contribution in [-0.2, 0) is 22.4 Å². The van der Waals surface area contributed by atoms with Gasteiger partial charge in [-0.15, -0.1) is 0 Å². The van der Waals surface area contributed by atoms with Crippen LogP contribution in [0.15, 0.2) is 42.9 Å². The largest absolute Gasteiger partial charge is 0.469 e. The smallest absolute Gasteiger partial charge is 0.308 e. The van der Waals surface area contributed by atoms with Crippen molar-refractivity contribution in [2.24, 2.45) is 11.8 Å². The van der Waals surface area contributed by atoms with Crippen LogP contribution in [0.1, 0.15) is 72.2 Å². The molecule has 236 valence electrons. The number of likely N-dealkylation sites (tertiary alicyclic amines) is 1. The van der Waals surface area contributed by atoms with Gasteiger partial charge in [0, 0.05) is 30.4 Å². The number of nitrogens with zero attached hydrogens (tertiary/aromatic N) is 6. The number of carbonyl (C=O) groups is 2. The van der Waals surface area contributed by atoms with E-state index in [0.29, 0.717) is 41.0 Å². The molecule has 1 amide bonds. The average Bonchev–Trinajstić information content (AvgIpc) is 3.49. The van der Waals surface area contributed by atoms with Crippen molar-refractivity contribution in [1.82, 2.24) is 35.4 Å². The van der Waals surface area contributed by atoms with Crippen molar-refractivity contribution < 1.29 is 18.7 Å². The number of carbonyl (C=O) groups excluding carboxylic acids is 2. The average molecular weight is 632 g/mol. The molecule has 4 aromatic rings. The first-order valence-corrected chi connectivity index (χ1v) is 16.4. The number of methoxy groups -OCH3 is 1. The first-order valence-electron chi connectivity index (χ1n) is 15.5. The second-order valence-corrected chi connectivity index (χ2v) is 13.3. The number of halogens is 1. The number of thiazole rings is 1. The second-order valence-electron chi connectivity index (χ2n) is 12.4. The van der Waals surface area contributed by atoms with Gasteiger partial charge in [0.25, 0.3) is 5.91 Å². The lowest BCUT2D eigenvalue weighted by molar-refractivity contribution is -0.147. The zero-order valence-corrected chi connectivity index (χ0v) is 26.6. The molecule has 1 aliphatic heterocycles. The molecular weight excluding hydrogens is 593 g/mol. The Hall–Kier alpha value is -3.90. The maximum Gasteiger partial charge on any atom is 0.308 e. The molecule has 2 unspecified atom stereocenters. The number of hydrogen-bond acceptors (Lipinski definition) is 10. The van der Waals surface area contributed by atoms with Crippen molar-refractivity contribution >= 4 is 33.6 Å². The van der Waals surface area contributed by atoms with Crippen molar-refractivity contribution in [2.45, 2.75) is 64.1 Å². The van der Waals surface area contributed by atoms with Gasteiger partial charge in [0.2, 0.25) is 0 Å². The molecule has 0 aromatic carbocycles. The lowest BCUT2D eigenvalue weighted by Crippen LogP contribution is -2.39. The predicted octanol–water partition coefficient (Wildman–Crippen LogP) is 5.14. The summed E-state index contributed by atoms with van der Waals surface area (Å²) in [5.74, 6) is -0.578. The van der Waals surface area contributed by atoms with Gasteiger partial charge >= 0.3 is 5.97 Å². The molecule has 2 aliphatic rings. The maximum atomic E-state index is 15.5. The fraction of sp³-hybridized carbons (Fsp3) is 0.485. The Morgan fingerprint density at radius 3 is 2.67 bits per heavy atom. The first kappa shape index (κ1) is 31.1. The van der Waals surface area contributed by atoms with Crippen LogP contribution in [0.25, 0.3) is 21.6 Å². The van der Waals surface area contributed by atoms with E-state index in [1.165, 1.54) is 18.4 Å². The number of piperidine rings is 1. The fourth-order valence-electron chi connectivity index (χ4n) is 6.27. The zero-order chi connectivity index (χ0) is 31.6. The van der Waals surface area contributed by atoms with Gasteiger partial charge in [-0.2, -0.15) is 10.2 Å². The number of alkyl halides is 1. The molecule has 1 fully saturated rings. The zero-order valence-electron chi connectivity index (χ0n) is 25.8. The molecule has 0 radical (unpaired) electrons. The molecule has 10 nitrogen and oxygen atoms in total. The molecule has 0 bridgehead atoms. The summed E-state index contributed by atoms with van der Waals surface area (Å²) in [5, 5.41) is 11.3. The molecule has 5 heterocycles. The van der Waals surface area contributed by atoms with E-state index in [4.69, 9.17) is 9.72 Å². The normalized spacial score (nSPS) is 19.8. The van der Waals surface area contributed by atoms with E-state index in [1.54, 1.807) is 18.6 Å². The van der Waals surface area contributed by atoms with E-state index in [9.17, 15) is 9.59 Å². The van der Waals surface area contributed by atoms with Gasteiger partial charge in [0.15, 0.2) is 5.01 Å². The van der Waals surface area contributed by atoms with Crippen LogP contribution in [0.5, 0.6) is 0 Å². The number of amides is 1. The van der Waals surface area contributed by atoms with Crippen LogP contribution in [0.3, 0.4) is 0 Å². The van der Waals surface area contributed by atoms with E-state index in [-0.39, 0.29) is 29.8 Å². The highest BCUT2D eigenvalue weighted by Crippen LogP contribution is 2.38. The molecule has 0 saturated carbocycles. The highest BCUT2D eigenvalue weighted by atomic mass is 32.1. The summed E-state index contributed by atoms with van der Waals surface area (Å²) in [7, 11) is 1.43. The summed E-state index contributed by atoms with van der Waals surface area (Å²) in [4.78, 5) is 42.7. The SMILES string of the molecule is COC(=O)C1CCN(CCC(NC(=O)c2nc3cc4c(nc3s2)CCC(F)(C(C)C)C4)c2ccc(-c3ccnnc3)nc2)CC1. The lowest BCUT2D eigenvalue weighted by atomic mass is 9.77. The lowest BCUT2D eigenvalue weighted by Gasteiger charge is -2.33. The number of aromatic nitrogens is 5. The van der Waals surface area contributed by atoms with Gasteiger partial charge in [-0.1, -0.05) is 31.3 Å². The monoisotopic (exact) mass is 631 g/mol. The molecule has 1 aliphatic carbocycles.